The Kier molecular flexibility index (Phi) is 9.27. The second-order valence-corrected chi connectivity index (χ2v) is 5.65. The number of hydrogen-bond donors (Lipinski definition) is 2. The Morgan fingerprint density at radius 2 is 1.48 bits per heavy atom. The molecule has 3 aromatic rings. The van der Waals surface area contributed by atoms with Crippen molar-refractivity contribution < 1.29 is 34.6 Å². The maximum absolute atomic E-state index is 8.63. The first kappa shape index (κ1) is 22.4. The van der Waals surface area contributed by atoms with Crippen LogP contribution in [0.15, 0.2) is 84.2 Å². The van der Waals surface area contributed by atoms with Gasteiger partial charge in [0.05, 0.1) is 5.69 Å². The molecule has 0 fully saturated rings. The molecular formula is C17H15FeN4O4S+. The second-order valence-electron chi connectivity index (χ2n) is 4.80. The summed E-state index contributed by atoms with van der Waals surface area (Å²) in [5, 5.41) is 4.48. The third-order valence-electron chi connectivity index (χ3n) is 2.90. The summed E-state index contributed by atoms with van der Waals surface area (Å²) in [5.74, 6) is 0.696. The topological polar surface area (TPSA) is 128 Å². The van der Waals surface area contributed by atoms with E-state index >= 15 is 0 Å². The Morgan fingerprint density at radius 3 is 2.00 bits per heavy atom. The van der Waals surface area contributed by atoms with Crippen molar-refractivity contribution in [2.75, 3.05) is 5.43 Å². The molecule has 0 unspecified atom stereocenters. The smallest absolute Gasteiger partial charge is 0.726 e. The SMILES string of the molecule is O=S(=O)([O-])O.[Fe+2].c1ccc(C(=NNc2ccccn2)c2ccccn2)cc1. The van der Waals surface area contributed by atoms with Crippen LogP contribution < -0.4 is 5.43 Å². The van der Waals surface area contributed by atoms with Gasteiger partial charge in [0.15, 0.2) is 0 Å². The van der Waals surface area contributed by atoms with Gasteiger partial charge in [-0.1, -0.05) is 42.5 Å². The summed E-state index contributed by atoms with van der Waals surface area (Å²) in [5.41, 5.74) is 5.57. The molecule has 140 valence electrons. The zero-order chi connectivity index (χ0) is 18.8. The predicted molar refractivity (Wildman–Crippen MR) is 96.5 cm³/mol. The third-order valence-corrected chi connectivity index (χ3v) is 2.90. The van der Waals surface area contributed by atoms with Crippen LogP contribution in [-0.4, -0.2) is 33.2 Å². The van der Waals surface area contributed by atoms with E-state index in [9.17, 15) is 0 Å². The number of rotatable bonds is 4. The Labute approximate surface area is 167 Å². The maximum Gasteiger partial charge on any atom is 2.00 e. The van der Waals surface area contributed by atoms with Gasteiger partial charge in [0.25, 0.3) is 0 Å². The molecule has 3 rings (SSSR count). The van der Waals surface area contributed by atoms with E-state index in [1.165, 1.54) is 0 Å². The quantitative estimate of drug-likeness (QED) is 0.215. The van der Waals surface area contributed by atoms with Crippen molar-refractivity contribution in [2.24, 2.45) is 5.10 Å². The number of hydrazone groups is 1. The predicted octanol–water partition coefficient (Wildman–Crippen LogP) is 2.34. The summed E-state index contributed by atoms with van der Waals surface area (Å²) in [6.45, 7) is 0. The number of nitrogens with zero attached hydrogens (tertiary/aromatic N) is 3. The summed E-state index contributed by atoms with van der Waals surface area (Å²) in [6.07, 6.45) is 3.48. The number of nitrogens with one attached hydrogen (secondary N) is 1. The van der Waals surface area contributed by atoms with Gasteiger partial charge in [-0.05, 0) is 24.3 Å². The third kappa shape index (κ3) is 9.04. The van der Waals surface area contributed by atoms with Gasteiger partial charge in [0, 0.05) is 18.0 Å². The molecule has 10 heteroatoms. The largest absolute Gasteiger partial charge is 2.00 e. The monoisotopic (exact) mass is 427 g/mol. The van der Waals surface area contributed by atoms with Crippen molar-refractivity contribution in [3.8, 4) is 0 Å². The van der Waals surface area contributed by atoms with E-state index in [0.29, 0.717) is 5.82 Å². The first-order chi connectivity index (χ1) is 12.4. The van der Waals surface area contributed by atoms with Crippen LogP contribution in [-0.2, 0) is 27.5 Å². The minimum Gasteiger partial charge on any atom is -0.726 e. The van der Waals surface area contributed by atoms with Crippen molar-refractivity contribution in [3.63, 3.8) is 0 Å². The Bertz CT molecular complexity index is 891. The van der Waals surface area contributed by atoms with Gasteiger partial charge in [-0.25, -0.2) is 13.4 Å². The van der Waals surface area contributed by atoms with Crippen LogP contribution in [0.4, 0.5) is 5.82 Å². The standard InChI is InChI=1S/C17H14N4.Fe.H2O4S/c1-2-8-14(9-3-1)17(15-10-4-6-12-18-15)21-20-16-11-5-7-13-19-16;;1-5(2,3)4/h1-13H,(H,19,20);;(H2,1,2,3,4)/q;+2;/p-1. The molecule has 0 saturated carbocycles. The average molecular weight is 427 g/mol. The van der Waals surface area contributed by atoms with Gasteiger partial charge in [0.2, 0.25) is 10.4 Å². The van der Waals surface area contributed by atoms with Crippen molar-refractivity contribution in [1.29, 1.82) is 0 Å². The average Bonchev–Trinajstić information content (AvgIpc) is 2.63. The normalized spacial score (nSPS) is 10.8. The summed E-state index contributed by atoms with van der Waals surface area (Å²) in [6, 6.07) is 21.4. The molecular weight excluding hydrogens is 412 g/mol. The molecule has 2 heterocycles. The van der Waals surface area contributed by atoms with E-state index < -0.39 is 10.4 Å². The Balaban J connectivity index is 0.000000542. The van der Waals surface area contributed by atoms with Gasteiger partial charge >= 0.3 is 17.1 Å². The molecule has 0 aliphatic heterocycles. The van der Waals surface area contributed by atoms with Gasteiger partial charge in [-0.2, -0.15) is 5.10 Å². The van der Waals surface area contributed by atoms with Crippen molar-refractivity contribution >= 4 is 21.9 Å². The number of anilines is 1. The van der Waals surface area contributed by atoms with E-state index in [1.54, 1.807) is 12.4 Å². The molecule has 0 aliphatic rings. The Hall–Kier alpha value is -2.62. The first-order valence-corrected chi connectivity index (χ1v) is 8.70. The number of hydrogen-bond acceptors (Lipinski definition) is 7. The molecule has 0 atom stereocenters. The summed E-state index contributed by atoms with van der Waals surface area (Å²) in [4.78, 5) is 8.58. The summed E-state index contributed by atoms with van der Waals surface area (Å²) in [7, 11) is -4.92. The molecule has 0 amide bonds. The van der Waals surface area contributed by atoms with Crippen LogP contribution in [0.3, 0.4) is 0 Å². The summed E-state index contributed by atoms with van der Waals surface area (Å²) >= 11 is 0. The van der Waals surface area contributed by atoms with Crippen LogP contribution in [0.1, 0.15) is 11.3 Å². The molecule has 0 radical (unpaired) electrons. The molecule has 27 heavy (non-hydrogen) atoms. The molecule has 8 nitrogen and oxygen atoms in total. The zero-order valence-electron chi connectivity index (χ0n) is 13.8. The first-order valence-electron chi connectivity index (χ1n) is 7.33. The number of pyridine rings is 2. The van der Waals surface area contributed by atoms with Crippen molar-refractivity contribution in [3.05, 3.63) is 90.4 Å². The van der Waals surface area contributed by atoms with E-state index in [0.717, 1.165) is 17.0 Å². The number of benzene rings is 1. The molecule has 0 bridgehead atoms. The van der Waals surface area contributed by atoms with Crippen LogP contribution in [0.25, 0.3) is 0 Å². The van der Waals surface area contributed by atoms with Gasteiger partial charge in [0.1, 0.15) is 11.5 Å². The molecule has 0 saturated heterocycles. The fourth-order valence-corrected chi connectivity index (χ4v) is 1.91. The van der Waals surface area contributed by atoms with Crippen LogP contribution in [0.2, 0.25) is 0 Å². The van der Waals surface area contributed by atoms with Crippen LogP contribution in [0, 0.1) is 0 Å². The molecule has 2 aromatic heterocycles. The van der Waals surface area contributed by atoms with E-state index in [1.807, 2.05) is 66.7 Å². The summed E-state index contributed by atoms with van der Waals surface area (Å²) < 4.78 is 32.8. The zero-order valence-corrected chi connectivity index (χ0v) is 15.7. The molecule has 1 aromatic carbocycles. The van der Waals surface area contributed by atoms with E-state index in [2.05, 4.69) is 20.5 Å². The van der Waals surface area contributed by atoms with Gasteiger partial charge in [-0.3, -0.25) is 15.0 Å². The van der Waals surface area contributed by atoms with Gasteiger partial charge in [-0.15, -0.1) is 0 Å². The maximum atomic E-state index is 8.63. The van der Waals surface area contributed by atoms with Crippen molar-refractivity contribution in [2.45, 2.75) is 0 Å². The molecule has 2 N–H and O–H groups in total. The van der Waals surface area contributed by atoms with Crippen molar-refractivity contribution in [1.82, 2.24) is 9.97 Å². The minimum absolute atomic E-state index is 0. The van der Waals surface area contributed by atoms with E-state index in [4.69, 9.17) is 17.5 Å². The van der Waals surface area contributed by atoms with E-state index in [-0.39, 0.29) is 17.1 Å². The van der Waals surface area contributed by atoms with Gasteiger partial charge < -0.3 is 4.55 Å². The fraction of sp³-hybridized carbons (Fsp3) is 0. The minimum atomic E-state index is -4.92. The molecule has 0 spiro atoms. The fourth-order valence-electron chi connectivity index (χ4n) is 1.91. The molecule has 0 aliphatic carbocycles. The second kappa shape index (κ2) is 11.2. The Morgan fingerprint density at radius 1 is 0.926 bits per heavy atom. The number of aromatic nitrogens is 2. The van der Waals surface area contributed by atoms with Crippen LogP contribution >= 0.6 is 0 Å². The van der Waals surface area contributed by atoms with Crippen LogP contribution in [0.5, 0.6) is 0 Å².